The van der Waals surface area contributed by atoms with E-state index in [9.17, 15) is 0 Å². The predicted molar refractivity (Wildman–Crippen MR) is 102 cm³/mol. The van der Waals surface area contributed by atoms with Crippen molar-refractivity contribution in [2.45, 2.75) is 39.0 Å². The molecule has 0 spiro atoms. The molecule has 2 aliphatic rings. The van der Waals surface area contributed by atoms with Gasteiger partial charge in [0, 0.05) is 28.7 Å². The largest absolute Gasteiger partial charge is 0.494 e. The molecule has 0 amide bonds. The molecule has 2 heterocycles. The molecule has 1 unspecified atom stereocenters. The van der Waals surface area contributed by atoms with Crippen LogP contribution in [0.15, 0.2) is 36.4 Å². The van der Waals surface area contributed by atoms with Crippen LogP contribution >= 0.6 is 11.6 Å². The fourth-order valence-electron chi connectivity index (χ4n) is 3.94. The van der Waals surface area contributed by atoms with Crippen molar-refractivity contribution < 1.29 is 14.2 Å². The molecule has 5 heteroatoms. The SMILES string of the molecule is CCOc1ccc(C2CCCN2Cc2cc(Cl)cc3c2OCOC3)cc1. The van der Waals surface area contributed by atoms with Crippen LogP contribution in [0.4, 0.5) is 0 Å². The Hall–Kier alpha value is -1.75. The van der Waals surface area contributed by atoms with Crippen LogP contribution in [-0.4, -0.2) is 24.8 Å². The van der Waals surface area contributed by atoms with Crippen molar-refractivity contribution in [2.75, 3.05) is 19.9 Å². The Morgan fingerprint density at radius 1 is 1.23 bits per heavy atom. The molecule has 4 nitrogen and oxygen atoms in total. The number of halogens is 1. The molecular formula is C21H24ClNO3. The molecule has 1 fully saturated rings. The number of nitrogens with zero attached hydrogens (tertiary/aromatic N) is 1. The molecule has 0 N–H and O–H groups in total. The monoisotopic (exact) mass is 373 g/mol. The van der Waals surface area contributed by atoms with Crippen LogP contribution in [0.1, 0.15) is 42.5 Å². The maximum atomic E-state index is 6.32. The van der Waals surface area contributed by atoms with Crippen LogP contribution in [0.2, 0.25) is 5.02 Å². The third-order valence-corrected chi connectivity index (χ3v) is 5.28. The van der Waals surface area contributed by atoms with Crippen LogP contribution in [0.3, 0.4) is 0 Å². The lowest BCUT2D eigenvalue weighted by atomic mass is 10.0. The Balaban J connectivity index is 1.55. The van der Waals surface area contributed by atoms with Crippen LogP contribution in [0.5, 0.6) is 11.5 Å². The first-order valence-corrected chi connectivity index (χ1v) is 9.61. The van der Waals surface area contributed by atoms with E-state index in [1.165, 1.54) is 18.4 Å². The first-order chi connectivity index (χ1) is 12.7. The molecule has 0 bridgehead atoms. The normalized spacial score (nSPS) is 19.8. The van der Waals surface area contributed by atoms with E-state index in [0.717, 1.165) is 40.7 Å². The van der Waals surface area contributed by atoms with Gasteiger partial charge >= 0.3 is 0 Å². The number of rotatable bonds is 5. The molecule has 2 aromatic rings. The lowest BCUT2D eigenvalue weighted by Gasteiger charge is -2.28. The van der Waals surface area contributed by atoms with E-state index in [-0.39, 0.29) is 0 Å². The Kier molecular flexibility index (Phi) is 5.34. The summed E-state index contributed by atoms with van der Waals surface area (Å²) < 4.78 is 16.7. The summed E-state index contributed by atoms with van der Waals surface area (Å²) in [6.07, 6.45) is 2.37. The maximum Gasteiger partial charge on any atom is 0.189 e. The van der Waals surface area contributed by atoms with E-state index < -0.39 is 0 Å². The van der Waals surface area contributed by atoms with Gasteiger partial charge in [0.2, 0.25) is 0 Å². The molecule has 138 valence electrons. The molecule has 1 saturated heterocycles. The zero-order valence-electron chi connectivity index (χ0n) is 15.0. The maximum absolute atomic E-state index is 6.32. The zero-order valence-corrected chi connectivity index (χ0v) is 15.8. The third-order valence-electron chi connectivity index (χ3n) is 5.06. The van der Waals surface area contributed by atoms with Crippen molar-refractivity contribution in [3.63, 3.8) is 0 Å². The van der Waals surface area contributed by atoms with E-state index in [1.807, 2.05) is 19.1 Å². The summed E-state index contributed by atoms with van der Waals surface area (Å²) in [4.78, 5) is 2.51. The van der Waals surface area contributed by atoms with Gasteiger partial charge in [-0.2, -0.15) is 0 Å². The highest BCUT2D eigenvalue weighted by Gasteiger charge is 2.28. The van der Waals surface area contributed by atoms with Crippen molar-refractivity contribution in [3.8, 4) is 11.5 Å². The molecule has 2 aliphatic heterocycles. The van der Waals surface area contributed by atoms with E-state index >= 15 is 0 Å². The van der Waals surface area contributed by atoms with Gasteiger partial charge in [0.05, 0.1) is 13.2 Å². The molecule has 0 saturated carbocycles. The summed E-state index contributed by atoms with van der Waals surface area (Å²) in [5, 5.41) is 0.740. The quantitative estimate of drug-likeness (QED) is 0.742. The van der Waals surface area contributed by atoms with E-state index in [2.05, 4.69) is 29.2 Å². The second-order valence-electron chi connectivity index (χ2n) is 6.79. The summed E-state index contributed by atoms with van der Waals surface area (Å²) in [7, 11) is 0. The summed E-state index contributed by atoms with van der Waals surface area (Å²) in [5.41, 5.74) is 3.52. The van der Waals surface area contributed by atoms with Gasteiger partial charge in [-0.25, -0.2) is 0 Å². The average Bonchev–Trinajstić information content (AvgIpc) is 3.11. The lowest BCUT2D eigenvalue weighted by molar-refractivity contribution is -0.0175. The molecular weight excluding hydrogens is 350 g/mol. The summed E-state index contributed by atoms with van der Waals surface area (Å²) in [6, 6.07) is 12.9. The van der Waals surface area contributed by atoms with Gasteiger partial charge in [0.15, 0.2) is 6.79 Å². The molecule has 26 heavy (non-hydrogen) atoms. The topological polar surface area (TPSA) is 30.9 Å². The van der Waals surface area contributed by atoms with Crippen molar-refractivity contribution in [2.24, 2.45) is 0 Å². The highest BCUT2D eigenvalue weighted by atomic mass is 35.5. The van der Waals surface area contributed by atoms with Gasteiger partial charge in [-0.3, -0.25) is 4.90 Å². The van der Waals surface area contributed by atoms with Gasteiger partial charge in [-0.1, -0.05) is 23.7 Å². The molecule has 1 atom stereocenters. The van der Waals surface area contributed by atoms with Gasteiger partial charge < -0.3 is 14.2 Å². The Morgan fingerprint density at radius 2 is 2.08 bits per heavy atom. The summed E-state index contributed by atoms with van der Waals surface area (Å²) in [5.74, 6) is 1.87. The first-order valence-electron chi connectivity index (χ1n) is 9.23. The van der Waals surface area contributed by atoms with Gasteiger partial charge in [-0.15, -0.1) is 0 Å². The van der Waals surface area contributed by atoms with Crippen LogP contribution in [0, 0.1) is 0 Å². The van der Waals surface area contributed by atoms with E-state index in [1.54, 1.807) is 0 Å². The van der Waals surface area contributed by atoms with Crippen molar-refractivity contribution in [1.29, 1.82) is 0 Å². The second kappa shape index (κ2) is 7.87. The fourth-order valence-corrected chi connectivity index (χ4v) is 4.20. The first kappa shape index (κ1) is 17.7. The smallest absolute Gasteiger partial charge is 0.189 e. The summed E-state index contributed by atoms with van der Waals surface area (Å²) >= 11 is 6.32. The molecule has 4 rings (SSSR count). The van der Waals surface area contributed by atoms with Crippen molar-refractivity contribution in [1.82, 2.24) is 4.90 Å². The molecule has 0 radical (unpaired) electrons. The predicted octanol–water partition coefficient (Wildman–Crippen LogP) is 4.94. The average molecular weight is 374 g/mol. The number of ether oxygens (including phenoxy) is 3. The van der Waals surface area contributed by atoms with Gasteiger partial charge in [-0.05, 0) is 56.1 Å². The zero-order chi connectivity index (χ0) is 17.9. The molecule has 0 aliphatic carbocycles. The number of hydrogen-bond acceptors (Lipinski definition) is 4. The molecule has 0 aromatic heterocycles. The minimum Gasteiger partial charge on any atom is -0.494 e. The minimum absolute atomic E-state index is 0.309. The Morgan fingerprint density at radius 3 is 2.88 bits per heavy atom. The van der Waals surface area contributed by atoms with Gasteiger partial charge in [0.1, 0.15) is 11.5 Å². The van der Waals surface area contributed by atoms with E-state index in [4.69, 9.17) is 25.8 Å². The van der Waals surface area contributed by atoms with Crippen LogP contribution in [-0.2, 0) is 17.9 Å². The van der Waals surface area contributed by atoms with Crippen molar-refractivity contribution >= 4 is 11.6 Å². The number of fused-ring (bicyclic) bond motifs is 1. The van der Waals surface area contributed by atoms with E-state index in [0.29, 0.717) is 26.0 Å². The number of hydrogen-bond donors (Lipinski definition) is 0. The minimum atomic E-state index is 0.309. The van der Waals surface area contributed by atoms with Crippen LogP contribution < -0.4 is 9.47 Å². The Bertz CT molecular complexity index is 763. The second-order valence-corrected chi connectivity index (χ2v) is 7.23. The van der Waals surface area contributed by atoms with Crippen molar-refractivity contribution in [3.05, 3.63) is 58.1 Å². The standard InChI is InChI=1S/C21H24ClNO3/c1-2-25-19-7-5-15(6-8-19)20-4-3-9-23(20)12-16-10-18(22)11-17-13-24-14-26-21(16)17/h5-8,10-11,20H,2-4,9,12-14H2,1H3. The Labute approximate surface area is 159 Å². The fraction of sp³-hybridized carbons (Fsp3) is 0.429. The van der Waals surface area contributed by atoms with Gasteiger partial charge in [0.25, 0.3) is 0 Å². The summed E-state index contributed by atoms with van der Waals surface area (Å²) in [6.45, 7) is 5.48. The highest BCUT2D eigenvalue weighted by Crippen LogP contribution is 2.38. The van der Waals surface area contributed by atoms with Crippen LogP contribution in [0.25, 0.3) is 0 Å². The molecule has 2 aromatic carbocycles. The number of benzene rings is 2. The highest BCUT2D eigenvalue weighted by molar-refractivity contribution is 6.30. The lowest BCUT2D eigenvalue weighted by Crippen LogP contribution is -2.24. The third kappa shape index (κ3) is 3.68. The number of likely N-dealkylation sites (tertiary alicyclic amines) is 1.